The highest BCUT2D eigenvalue weighted by molar-refractivity contribution is 7.84. The van der Waals surface area contributed by atoms with E-state index in [1.54, 1.807) is 22.8 Å². The standard InChI is InChI=1S/C12H12ClN3O3S/c1-19-11(17)8-3-4-10(13)9(5-8)6-16-7-14-15-12(16)20(2)18/h3-5,7H,6H2,1-2H3. The van der Waals surface area contributed by atoms with Gasteiger partial charge >= 0.3 is 5.97 Å². The van der Waals surface area contributed by atoms with Crippen molar-refractivity contribution in [3.63, 3.8) is 0 Å². The molecule has 0 amide bonds. The lowest BCUT2D eigenvalue weighted by atomic mass is 10.1. The first-order valence-corrected chi connectivity index (χ1v) is 7.54. The van der Waals surface area contributed by atoms with E-state index in [9.17, 15) is 9.00 Å². The van der Waals surface area contributed by atoms with Crippen LogP contribution >= 0.6 is 11.6 Å². The van der Waals surface area contributed by atoms with E-state index < -0.39 is 16.8 Å². The molecule has 0 radical (unpaired) electrons. The summed E-state index contributed by atoms with van der Waals surface area (Å²) < 4.78 is 17.8. The van der Waals surface area contributed by atoms with Crippen molar-refractivity contribution in [2.75, 3.05) is 13.4 Å². The van der Waals surface area contributed by atoms with Gasteiger partial charge in [-0.2, -0.15) is 0 Å². The number of carbonyl (C=O) groups excluding carboxylic acids is 1. The molecule has 6 nitrogen and oxygen atoms in total. The van der Waals surface area contributed by atoms with Gasteiger partial charge in [0.2, 0.25) is 5.16 Å². The summed E-state index contributed by atoms with van der Waals surface area (Å²) in [5, 5.41) is 8.37. The van der Waals surface area contributed by atoms with Gasteiger partial charge in [-0.1, -0.05) is 11.6 Å². The molecule has 0 aliphatic carbocycles. The summed E-state index contributed by atoms with van der Waals surface area (Å²) in [6.45, 7) is 0.325. The monoisotopic (exact) mass is 313 g/mol. The van der Waals surface area contributed by atoms with Gasteiger partial charge in [0, 0.05) is 11.3 Å². The Morgan fingerprint density at radius 1 is 1.50 bits per heavy atom. The summed E-state index contributed by atoms with van der Waals surface area (Å²) in [4.78, 5) is 11.5. The van der Waals surface area contributed by atoms with Gasteiger partial charge < -0.3 is 9.30 Å². The Morgan fingerprint density at radius 3 is 2.90 bits per heavy atom. The van der Waals surface area contributed by atoms with Crippen LogP contribution in [0.4, 0.5) is 0 Å². The minimum Gasteiger partial charge on any atom is -0.465 e. The van der Waals surface area contributed by atoms with Gasteiger partial charge in [-0.3, -0.25) is 4.21 Å². The van der Waals surface area contributed by atoms with Crippen molar-refractivity contribution < 1.29 is 13.7 Å². The second-order valence-electron chi connectivity index (χ2n) is 3.99. The third kappa shape index (κ3) is 3.05. The van der Waals surface area contributed by atoms with Gasteiger partial charge in [0.1, 0.15) is 6.33 Å². The fraction of sp³-hybridized carbons (Fsp3) is 0.250. The van der Waals surface area contributed by atoms with E-state index >= 15 is 0 Å². The van der Waals surface area contributed by atoms with Crippen molar-refractivity contribution in [2.24, 2.45) is 0 Å². The van der Waals surface area contributed by atoms with Crippen LogP contribution in [-0.4, -0.2) is 38.3 Å². The van der Waals surface area contributed by atoms with Crippen LogP contribution in [0.5, 0.6) is 0 Å². The van der Waals surface area contributed by atoms with Crippen molar-refractivity contribution in [1.82, 2.24) is 14.8 Å². The lowest BCUT2D eigenvalue weighted by Gasteiger charge is -2.08. The highest BCUT2D eigenvalue weighted by Crippen LogP contribution is 2.20. The quantitative estimate of drug-likeness (QED) is 0.800. The topological polar surface area (TPSA) is 74.1 Å². The van der Waals surface area contributed by atoms with Crippen LogP contribution in [0.3, 0.4) is 0 Å². The van der Waals surface area contributed by atoms with Crippen molar-refractivity contribution >= 4 is 28.4 Å². The van der Waals surface area contributed by atoms with Gasteiger partial charge in [-0.25, -0.2) is 4.79 Å². The molecule has 0 bridgehead atoms. The summed E-state index contributed by atoms with van der Waals surface area (Å²) in [5.74, 6) is -0.439. The second-order valence-corrected chi connectivity index (χ2v) is 5.67. The summed E-state index contributed by atoms with van der Waals surface area (Å²) in [5.41, 5.74) is 1.10. The molecule has 0 saturated heterocycles. The van der Waals surface area contributed by atoms with Gasteiger partial charge in [0.15, 0.2) is 0 Å². The number of rotatable bonds is 4. The fourth-order valence-corrected chi connectivity index (χ4v) is 2.48. The molecule has 0 N–H and O–H groups in total. The molecule has 0 aliphatic heterocycles. The largest absolute Gasteiger partial charge is 0.465 e. The lowest BCUT2D eigenvalue weighted by molar-refractivity contribution is 0.0600. The van der Waals surface area contributed by atoms with E-state index in [1.165, 1.54) is 19.7 Å². The molecule has 1 atom stereocenters. The molecule has 0 spiro atoms. The van der Waals surface area contributed by atoms with Crippen molar-refractivity contribution in [3.05, 3.63) is 40.7 Å². The number of benzene rings is 1. The van der Waals surface area contributed by atoms with Gasteiger partial charge in [0.25, 0.3) is 0 Å². The Labute approximate surface area is 123 Å². The molecule has 0 saturated carbocycles. The maximum atomic E-state index is 11.5. The molecule has 1 aromatic carbocycles. The molecule has 1 unspecified atom stereocenters. The van der Waals surface area contributed by atoms with E-state index in [4.69, 9.17) is 11.6 Å². The van der Waals surface area contributed by atoms with Crippen LogP contribution in [0.2, 0.25) is 5.02 Å². The van der Waals surface area contributed by atoms with Crippen LogP contribution < -0.4 is 0 Å². The Balaban J connectivity index is 2.35. The lowest BCUT2D eigenvalue weighted by Crippen LogP contribution is -2.07. The number of hydrogen-bond acceptors (Lipinski definition) is 5. The highest BCUT2D eigenvalue weighted by Gasteiger charge is 2.13. The number of carbonyl (C=O) groups is 1. The molecule has 106 valence electrons. The summed E-state index contributed by atoms with van der Waals surface area (Å²) >= 11 is 6.11. The first kappa shape index (κ1) is 14.7. The SMILES string of the molecule is COC(=O)c1ccc(Cl)c(Cn2cnnc2S(C)=O)c1. The summed E-state index contributed by atoms with van der Waals surface area (Å²) in [6.07, 6.45) is 2.99. The summed E-state index contributed by atoms with van der Waals surface area (Å²) in [6, 6.07) is 4.84. The third-order valence-corrected chi connectivity index (χ3v) is 3.84. The van der Waals surface area contributed by atoms with Crippen molar-refractivity contribution in [3.8, 4) is 0 Å². The maximum absolute atomic E-state index is 11.5. The Kier molecular flexibility index (Phi) is 4.51. The van der Waals surface area contributed by atoms with E-state index in [0.717, 1.165) is 0 Å². The average molecular weight is 314 g/mol. The number of halogens is 1. The first-order valence-electron chi connectivity index (χ1n) is 5.61. The number of hydrogen-bond donors (Lipinski definition) is 0. The van der Waals surface area contributed by atoms with Crippen molar-refractivity contribution in [1.29, 1.82) is 0 Å². The Bertz CT molecular complexity index is 672. The van der Waals surface area contributed by atoms with Crippen LogP contribution in [0.15, 0.2) is 29.7 Å². The molecule has 2 rings (SSSR count). The number of nitrogens with zero attached hydrogens (tertiary/aromatic N) is 3. The molecule has 20 heavy (non-hydrogen) atoms. The molecular weight excluding hydrogens is 302 g/mol. The van der Waals surface area contributed by atoms with E-state index in [2.05, 4.69) is 14.9 Å². The second kappa shape index (κ2) is 6.15. The Morgan fingerprint density at radius 2 is 2.25 bits per heavy atom. The predicted octanol–water partition coefficient (Wildman–Crippen LogP) is 1.50. The molecular formula is C12H12ClN3O3S. The zero-order chi connectivity index (χ0) is 14.7. The molecule has 1 heterocycles. The van der Waals surface area contributed by atoms with E-state index in [-0.39, 0.29) is 0 Å². The zero-order valence-corrected chi connectivity index (χ0v) is 12.4. The number of esters is 1. The van der Waals surface area contributed by atoms with Gasteiger partial charge in [-0.15, -0.1) is 10.2 Å². The third-order valence-electron chi connectivity index (χ3n) is 2.64. The van der Waals surface area contributed by atoms with Gasteiger partial charge in [0.05, 0.1) is 30.0 Å². The smallest absolute Gasteiger partial charge is 0.337 e. The summed E-state index contributed by atoms with van der Waals surface area (Å²) in [7, 11) is 0.0635. The predicted molar refractivity (Wildman–Crippen MR) is 74.2 cm³/mol. The van der Waals surface area contributed by atoms with Crippen LogP contribution in [0, 0.1) is 0 Å². The van der Waals surface area contributed by atoms with E-state index in [1.807, 2.05) is 0 Å². The molecule has 2 aromatic rings. The maximum Gasteiger partial charge on any atom is 0.337 e. The number of ether oxygens (including phenoxy) is 1. The molecule has 0 aliphatic rings. The van der Waals surface area contributed by atoms with E-state index in [0.29, 0.717) is 27.9 Å². The number of aromatic nitrogens is 3. The Hall–Kier alpha value is -1.73. The zero-order valence-electron chi connectivity index (χ0n) is 10.9. The van der Waals surface area contributed by atoms with Crippen LogP contribution in [-0.2, 0) is 22.1 Å². The van der Waals surface area contributed by atoms with Gasteiger partial charge in [-0.05, 0) is 23.8 Å². The molecule has 0 fully saturated rings. The van der Waals surface area contributed by atoms with Crippen LogP contribution in [0.25, 0.3) is 0 Å². The molecule has 8 heteroatoms. The first-order chi connectivity index (χ1) is 9.52. The normalized spacial score (nSPS) is 12.2. The van der Waals surface area contributed by atoms with Crippen LogP contribution in [0.1, 0.15) is 15.9 Å². The average Bonchev–Trinajstić information content (AvgIpc) is 2.88. The fourth-order valence-electron chi connectivity index (χ4n) is 1.70. The minimum atomic E-state index is -1.25. The highest BCUT2D eigenvalue weighted by atomic mass is 35.5. The minimum absolute atomic E-state index is 0.325. The number of methoxy groups -OCH3 is 1. The molecule has 1 aromatic heterocycles. The van der Waals surface area contributed by atoms with Crippen molar-refractivity contribution in [2.45, 2.75) is 11.7 Å².